The Hall–Kier alpha value is -1.90. The van der Waals surface area contributed by atoms with Crippen molar-refractivity contribution in [2.24, 2.45) is 0 Å². The third-order valence-electron chi connectivity index (χ3n) is 5.87. The highest BCUT2D eigenvalue weighted by Crippen LogP contribution is 2.27. The maximum absolute atomic E-state index is 12.7. The lowest BCUT2D eigenvalue weighted by atomic mass is 9.82. The lowest BCUT2D eigenvalue weighted by molar-refractivity contribution is -0.128. The highest BCUT2D eigenvalue weighted by Gasteiger charge is 2.36. The van der Waals surface area contributed by atoms with Gasteiger partial charge in [-0.1, -0.05) is 49.6 Å². The highest BCUT2D eigenvalue weighted by atomic mass is 16.2. The summed E-state index contributed by atoms with van der Waals surface area (Å²) in [7, 11) is 0. The summed E-state index contributed by atoms with van der Waals surface area (Å²) in [6, 6.07) is 12.7. The van der Waals surface area contributed by atoms with Crippen molar-refractivity contribution in [1.29, 1.82) is 5.26 Å². The van der Waals surface area contributed by atoms with E-state index in [0.717, 1.165) is 64.8 Å². The average Bonchev–Trinajstić information content (AvgIpc) is 2.69. The summed E-state index contributed by atoms with van der Waals surface area (Å²) >= 11 is 0. The first-order valence-electron chi connectivity index (χ1n) is 9.85. The molecule has 140 valence electrons. The van der Waals surface area contributed by atoms with Gasteiger partial charge in [0.15, 0.2) is 0 Å². The molecule has 0 aromatic heterocycles. The van der Waals surface area contributed by atoms with E-state index in [1.807, 2.05) is 13.0 Å². The summed E-state index contributed by atoms with van der Waals surface area (Å²) in [5, 5.41) is 12.6. The first-order chi connectivity index (χ1) is 12.6. The van der Waals surface area contributed by atoms with Crippen LogP contribution in [-0.2, 0) is 11.3 Å². The SMILES string of the molecule is CC(C(=O)NC1(C#N)CCCCC1)N1CCN(Cc2ccccc2)CC1. The molecule has 1 heterocycles. The first-order valence-corrected chi connectivity index (χ1v) is 9.85. The van der Waals surface area contributed by atoms with E-state index < -0.39 is 5.54 Å². The van der Waals surface area contributed by atoms with Gasteiger partial charge >= 0.3 is 0 Å². The van der Waals surface area contributed by atoms with Gasteiger partial charge < -0.3 is 5.32 Å². The van der Waals surface area contributed by atoms with Crippen molar-refractivity contribution in [3.05, 3.63) is 35.9 Å². The van der Waals surface area contributed by atoms with Crippen molar-refractivity contribution < 1.29 is 4.79 Å². The van der Waals surface area contributed by atoms with Gasteiger partial charge in [-0.05, 0) is 25.3 Å². The van der Waals surface area contributed by atoms with Crippen molar-refractivity contribution in [2.75, 3.05) is 26.2 Å². The third kappa shape index (κ3) is 4.63. The van der Waals surface area contributed by atoms with Crippen LogP contribution in [-0.4, -0.2) is 53.5 Å². The van der Waals surface area contributed by atoms with Crippen LogP contribution in [0, 0.1) is 11.3 Å². The molecule has 1 aromatic carbocycles. The predicted octanol–water partition coefficient (Wildman–Crippen LogP) is 2.54. The lowest BCUT2D eigenvalue weighted by Crippen LogP contribution is -2.58. The zero-order valence-electron chi connectivity index (χ0n) is 15.8. The van der Waals surface area contributed by atoms with Gasteiger partial charge in [0.25, 0.3) is 0 Å². The van der Waals surface area contributed by atoms with Crippen LogP contribution in [0.5, 0.6) is 0 Å². The van der Waals surface area contributed by atoms with Gasteiger partial charge in [0.05, 0.1) is 12.1 Å². The van der Waals surface area contributed by atoms with Gasteiger partial charge in [0.2, 0.25) is 5.91 Å². The van der Waals surface area contributed by atoms with Crippen LogP contribution in [0.2, 0.25) is 0 Å². The molecule has 5 heteroatoms. The van der Waals surface area contributed by atoms with Gasteiger partial charge in [-0.15, -0.1) is 0 Å². The molecule has 1 saturated heterocycles. The fourth-order valence-corrected chi connectivity index (χ4v) is 4.08. The van der Waals surface area contributed by atoms with Crippen LogP contribution in [0.15, 0.2) is 30.3 Å². The fraction of sp³-hybridized carbons (Fsp3) is 0.619. The molecule has 1 unspecified atom stereocenters. The van der Waals surface area contributed by atoms with Gasteiger partial charge in [-0.2, -0.15) is 5.26 Å². The lowest BCUT2D eigenvalue weighted by Gasteiger charge is -2.39. The Bertz CT molecular complexity index is 625. The monoisotopic (exact) mass is 354 g/mol. The first kappa shape index (κ1) is 18.9. The Labute approximate surface area is 157 Å². The van der Waals surface area contributed by atoms with Crippen molar-refractivity contribution >= 4 is 5.91 Å². The Morgan fingerprint density at radius 2 is 1.81 bits per heavy atom. The number of carbonyl (C=O) groups is 1. The summed E-state index contributed by atoms with van der Waals surface area (Å²) < 4.78 is 0. The molecule has 1 amide bonds. The van der Waals surface area contributed by atoms with Gasteiger partial charge in [-0.3, -0.25) is 14.6 Å². The van der Waals surface area contributed by atoms with E-state index in [9.17, 15) is 10.1 Å². The molecule has 26 heavy (non-hydrogen) atoms. The van der Waals surface area contributed by atoms with Crippen molar-refractivity contribution in [3.63, 3.8) is 0 Å². The maximum Gasteiger partial charge on any atom is 0.238 e. The average molecular weight is 354 g/mol. The number of nitriles is 1. The van der Waals surface area contributed by atoms with E-state index in [1.54, 1.807) is 0 Å². The zero-order chi connectivity index (χ0) is 18.4. The van der Waals surface area contributed by atoms with Gasteiger partial charge in [-0.25, -0.2) is 0 Å². The summed E-state index contributed by atoms with van der Waals surface area (Å²) in [5.41, 5.74) is 0.693. The number of hydrogen-bond acceptors (Lipinski definition) is 4. The van der Waals surface area contributed by atoms with Crippen LogP contribution in [0.4, 0.5) is 0 Å². The van der Waals surface area contributed by atoms with E-state index in [1.165, 1.54) is 5.56 Å². The molecular weight excluding hydrogens is 324 g/mol. The molecule has 3 rings (SSSR count). The Kier molecular flexibility index (Phi) is 6.29. The fourth-order valence-electron chi connectivity index (χ4n) is 4.08. The van der Waals surface area contributed by atoms with Crippen LogP contribution in [0.1, 0.15) is 44.6 Å². The summed E-state index contributed by atoms with van der Waals surface area (Å²) in [6.07, 6.45) is 4.79. The summed E-state index contributed by atoms with van der Waals surface area (Å²) in [5.74, 6) is 0.00459. The second-order valence-electron chi connectivity index (χ2n) is 7.72. The molecule has 2 fully saturated rings. The van der Waals surface area contributed by atoms with E-state index in [2.05, 4.69) is 45.5 Å². The minimum Gasteiger partial charge on any atom is -0.336 e. The van der Waals surface area contributed by atoms with Crippen LogP contribution < -0.4 is 5.32 Å². The number of piperazine rings is 1. The van der Waals surface area contributed by atoms with Crippen molar-refractivity contribution in [3.8, 4) is 6.07 Å². The van der Waals surface area contributed by atoms with Crippen LogP contribution >= 0.6 is 0 Å². The molecule has 1 saturated carbocycles. The van der Waals surface area contributed by atoms with E-state index in [4.69, 9.17) is 0 Å². The second-order valence-corrected chi connectivity index (χ2v) is 7.72. The smallest absolute Gasteiger partial charge is 0.238 e. The van der Waals surface area contributed by atoms with Crippen molar-refractivity contribution in [2.45, 2.75) is 57.2 Å². The Morgan fingerprint density at radius 1 is 1.15 bits per heavy atom. The van der Waals surface area contributed by atoms with E-state index in [0.29, 0.717) is 0 Å². The Balaban J connectivity index is 1.49. The molecule has 1 atom stereocenters. The quantitative estimate of drug-likeness (QED) is 0.883. The zero-order valence-corrected chi connectivity index (χ0v) is 15.8. The Morgan fingerprint density at radius 3 is 2.42 bits per heavy atom. The molecule has 0 spiro atoms. The molecular formula is C21H30N4O. The number of nitrogens with zero attached hydrogens (tertiary/aromatic N) is 3. The molecule has 1 aliphatic carbocycles. The number of carbonyl (C=O) groups excluding carboxylic acids is 1. The van der Waals surface area contributed by atoms with Gasteiger partial charge in [0.1, 0.15) is 5.54 Å². The number of amides is 1. The van der Waals surface area contributed by atoms with Crippen molar-refractivity contribution in [1.82, 2.24) is 15.1 Å². The molecule has 1 aliphatic heterocycles. The van der Waals surface area contributed by atoms with Crippen LogP contribution in [0.25, 0.3) is 0 Å². The van der Waals surface area contributed by atoms with E-state index in [-0.39, 0.29) is 11.9 Å². The normalized spacial score (nSPS) is 22.3. The number of nitrogens with one attached hydrogen (secondary N) is 1. The summed E-state index contributed by atoms with van der Waals surface area (Å²) in [6.45, 7) is 6.65. The molecule has 0 bridgehead atoms. The maximum atomic E-state index is 12.7. The molecule has 1 aromatic rings. The largest absolute Gasteiger partial charge is 0.336 e. The second kappa shape index (κ2) is 8.66. The number of benzene rings is 1. The molecule has 1 N–H and O–H groups in total. The minimum atomic E-state index is -0.640. The third-order valence-corrected chi connectivity index (χ3v) is 5.87. The molecule has 0 radical (unpaired) electrons. The minimum absolute atomic E-state index is 0.00459. The predicted molar refractivity (Wildman–Crippen MR) is 102 cm³/mol. The summed E-state index contributed by atoms with van der Waals surface area (Å²) in [4.78, 5) is 17.4. The standard InChI is InChI=1S/C21H30N4O/c1-18(20(26)23-21(17-22)10-6-3-7-11-21)25-14-12-24(13-15-25)16-19-8-4-2-5-9-19/h2,4-5,8-9,18H,3,6-7,10-16H2,1H3,(H,23,26). The highest BCUT2D eigenvalue weighted by molar-refractivity contribution is 5.82. The topological polar surface area (TPSA) is 59.4 Å². The number of hydrogen-bond donors (Lipinski definition) is 1. The molecule has 5 nitrogen and oxygen atoms in total. The van der Waals surface area contributed by atoms with Gasteiger partial charge in [0, 0.05) is 32.7 Å². The molecule has 2 aliphatic rings. The van der Waals surface area contributed by atoms with E-state index >= 15 is 0 Å². The number of rotatable bonds is 5. The van der Waals surface area contributed by atoms with Crippen LogP contribution in [0.3, 0.4) is 0 Å².